The number of rotatable bonds is 2. The predicted molar refractivity (Wildman–Crippen MR) is 78.0 cm³/mol. The maximum Gasteiger partial charge on any atom is 0.0415 e. The Morgan fingerprint density at radius 2 is 1.94 bits per heavy atom. The minimum absolute atomic E-state index is 0.797. The van der Waals surface area contributed by atoms with Crippen LogP contribution in [0.4, 0.5) is 17.1 Å². The van der Waals surface area contributed by atoms with Gasteiger partial charge in [-0.1, -0.05) is 6.07 Å². The summed E-state index contributed by atoms with van der Waals surface area (Å²) in [5.74, 6) is 0. The molecule has 0 spiro atoms. The first-order valence-corrected chi connectivity index (χ1v) is 6.12. The van der Waals surface area contributed by atoms with E-state index >= 15 is 0 Å². The third-order valence-corrected chi connectivity index (χ3v) is 3.03. The number of hydrogen-bond acceptors (Lipinski definition) is 2. The Hall–Kier alpha value is -1.23. The normalized spacial score (nSPS) is 10.1. The Bertz CT molecular complexity index is 509. The van der Waals surface area contributed by atoms with E-state index in [2.05, 4.69) is 46.1 Å². The van der Waals surface area contributed by atoms with Crippen LogP contribution in [-0.4, -0.2) is 0 Å². The van der Waals surface area contributed by atoms with Crippen LogP contribution in [0.15, 0.2) is 42.5 Å². The summed E-state index contributed by atoms with van der Waals surface area (Å²) in [5.41, 5.74) is 9.86. The van der Waals surface area contributed by atoms with E-state index in [9.17, 15) is 0 Å². The van der Waals surface area contributed by atoms with Gasteiger partial charge in [-0.3, -0.25) is 0 Å². The quantitative estimate of drug-likeness (QED) is 0.649. The molecular weight excluding hydrogens is 311 g/mol. The minimum atomic E-state index is 0.797. The van der Waals surface area contributed by atoms with Crippen LogP contribution in [-0.2, 0) is 0 Å². The molecule has 82 valence electrons. The van der Waals surface area contributed by atoms with E-state index in [0.29, 0.717) is 0 Å². The number of benzene rings is 2. The Morgan fingerprint density at radius 1 is 1.12 bits per heavy atom. The average Bonchev–Trinajstić information content (AvgIpc) is 2.22. The maximum absolute atomic E-state index is 5.72. The first kappa shape index (κ1) is 11.3. The summed E-state index contributed by atoms with van der Waals surface area (Å²) >= 11 is 2.30. The molecule has 0 aromatic heterocycles. The van der Waals surface area contributed by atoms with Gasteiger partial charge in [-0.05, 0) is 71.5 Å². The van der Waals surface area contributed by atoms with Gasteiger partial charge in [0.1, 0.15) is 0 Å². The number of nitrogens with two attached hydrogens (primary N) is 1. The van der Waals surface area contributed by atoms with Crippen molar-refractivity contribution in [3.63, 3.8) is 0 Å². The molecule has 3 heteroatoms. The Balaban J connectivity index is 2.27. The van der Waals surface area contributed by atoms with Crippen molar-refractivity contribution in [2.45, 2.75) is 6.92 Å². The summed E-state index contributed by atoms with van der Waals surface area (Å²) in [7, 11) is 0. The highest BCUT2D eigenvalue weighted by Gasteiger charge is 1.99. The van der Waals surface area contributed by atoms with Gasteiger partial charge >= 0.3 is 0 Å². The highest BCUT2D eigenvalue weighted by atomic mass is 127. The molecule has 2 rings (SSSR count). The van der Waals surface area contributed by atoms with E-state index < -0.39 is 0 Å². The van der Waals surface area contributed by atoms with Crippen molar-refractivity contribution in [2.24, 2.45) is 0 Å². The van der Waals surface area contributed by atoms with Crippen LogP contribution in [0.25, 0.3) is 0 Å². The fourth-order valence-electron chi connectivity index (χ4n) is 1.55. The van der Waals surface area contributed by atoms with Crippen LogP contribution in [0.3, 0.4) is 0 Å². The number of nitrogens with one attached hydrogen (secondary N) is 1. The first-order chi connectivity index (χ1) is 7.65. The maximum atomic E-state index is 5.72. The van der Waals surface area contributed by atoms with Crippen molar-refractivity contribution in [3.05, 3.63) is 51.6 Å². The first-order valence-electron chi connectivity index (χ1n) is 5.04. The molecule has 0 atom stereocenters. The molecule has 0 heterocycles. The molecule has 0 aliphatic rings. The smallest absolute Gasteiger partial charge is 0.0415 e. The fourth-order valence-corrected chi connectivity index (χ4v) is 2.09. The van der Waals surface area contributed by atoms with E-state index in [1.165, 1.54) is 3.57 Å². The average molecular weight is 324 g/mol. The molecule has 0 bridgehead atoms. The zero-order chi connectivity index (χ0) is 11.5. The molecule has 0 aliphatic heterocycles. The van der Waals surface area contributed by atoms with Crippen molar-refractivity contribution in [1.82, 2.24) is 0 Å². The lowest BCUT2D eigenvalue weighted by Gasteiger charge is -2.10. The molecule has 16 heavy (non-hydrogen) atoms. The second kappa shape index (κ2) is 4.74. The van der Waals surface area contributed by atoms with Gasteiger partial charge in [0.2, 0.25) is 0 Å². The summed E-state index contributed by atoms with van der Waals surface area (Å²) < 4.78 is 1.22. The van der Waals surface area contributed by atoms with Crippen LogP contribution < -0.4 is 11.1 Å². The minimum Gasteiger partial charge on any atom is -0.399 e. The van der Waals surface area contributed by atoms with Gasteiger partial charge in [0, 0.05) is 20.6 Å². The van der Waals surface area contributed by atoms with E-state index in [-0.39, 0.29) is 0 Å². The third kappa shape index (κ3) is 2.66. The molecule has 0 aliphatic carbocycles. The summed E-state index contributed by atoms with van der Waals surface area (Å²) in [5, 5.41) is 3.38. The molecule has 0 radical (unpaired) electrons. The van der Waals surface area contributed by atoms with Crippen LogP contribution in [0.2, 0.25) is 0 Å². The summed E-state index contributed by atoms with van der Waals surface area (Å²) in [6, 6.07) is 14.1. The second-order valence-corrected chi connectivity index (χ2v) is 4.96. The van der Waals surface area contributed by atoms with Gasteiger partial charge in [0.05, 0.1) is 0 Å². The monoisotopic (exact) mass is 324 g/mol. The van der Waals surface area contributed by atoms with Gasteiger partial charge in [-0.15, -0.1) is 0 Å². The van der Waals surface area contributed by atoms with E-state index in [4.69, 9.17) is 5.73 Å². The molecular formula is C13H13IN2. The van der Waals surface area contributed by atoms with Crippen molar-refractivity contribution in [3.8, 4) is 0 Å². The molecule has 0 unspecified atom stereocenters. The molecule has 3 N–H and O–H groups in total. The number of nitrogen functional groups attached to an aromatic ring is 1. The Morgan fingerprint density at radius 3 is 2.62 bits per heavy atom. The molecule has 0 amide bonds. The van der Waals surface area contributed by atoms with Gasteiger partial charge < -0.3 is 11.1 Å². The summed E-state index contributed by atoms with van der Waals surface area (Å²) in [4.78, 5) is 0. The zero-order valence-electron chi connectivity index (χ0n) is 9.00. The predicted octanol–water partition coefficient (Wildman–Crippen LogP) is 3.93. The molecule has 0 saturated heterocycles. The molecule has 0 saturated carbocycles. The summed E-state index contributed by atoms with van der Waals surface area (Å²) in [6.07, 6.45) is 0. The topological polar surface area (TPSA) is 38.0 Å². The van der Waals surface area contributed by atoms with Gasteiger partial charge in [0.15, 0.2) is 0 Å². The Labute approximate surface area is 109 Å². The SMILES string of the molecule is Cc1cc(N)ccc1Nc1cccc(I)c1. The van der Waals surface area contributed by atoms with Crippen LogP contribution in [0, 0.1) is 10.5 Å². The van der Waals surface area contributed by atoms with E-state index in [1.807, 2.05) is 31.2 Å². The third-order valence-electron chi connectivity index (χ3n) is 2.35. The van der Waals surface area contributed by atoms with Crippen molar-refractivity contribution in [2.75, 3.05) is 11.1 Å². The largest absolute Gasteiger partial charge is 0.399 e. The second-order valence-electron chi connectivity index (χ2n) is 3.71. The highest BCUT2D eigenvalue weighted by molar-refractivity contribution is 14.1. The van der Waals surface area contributed by atoms with Crippen LogP contribution >= 0.6 is 22.6 Å². The van der Waals surface area contributed by atoms with Crippen molar-refractivity contribution in [1.29, 1.82) is 0 Å². The zero-order valence-corrected chi connectivity index (χ0v) is 11.2. The van der Waals surface area contributed by atoms with Gasteiger partial charge in [-0.25, -0.2) is 0 Å². The number of hydrogen-bond donors (Lipinski definition) is 2. The number of anilines is 3. The van der Waals surface area contributed by atoms with Crippen molar-refractivity contribution < 1.29 is 0 Å². The van der Waals surface area contributed by atoms with Crippen molar-refractivity contribution >= 4 is 39.7 Å². The van der Waals surface area contributed by atoms with Crippen LogP contribution in [0.1, 0.15) is 5.56 Å². The van der Waals surface area contributed by atoms with Gasteiger partial charge in [-0.2, -0.15) is 0 Å². The summed E-state index contributed by atoms with van der Waals surface area (Å²) in [6.45, 7) is 2.05. The highest BCUT2D eigenvalue weighted by Crippen LogP contribution is 2.23. The lowest BCUT2D eigenvalue weighted by molar-refractivity contribution is 1.43. The number of aryl methyl sites for hydroxylation is 1. The van der Waals surface area contributed by atoms with Gasteiger partial charge in [0.25, 0.3) is 0 Å². The van der Waals surface area contributed by atoms with E-state index in [1.54, 1.807) is 0 Å². The van der Waals surface area contributed by atoms with Crippen LogP contribution in [0.5, 0.6) is 0 Å². The standard InChI is InChI=1S/C13H13IN2/c1-9-7-11(15)5-6-13(9)16-12-4-2-3-10(14)8-12/h2-8,16H,15H2,1H3. The fraction of sp³-hybridized carbons (Fsp3) is 0.0769. The number of halogens is 1. The molecule has 0 fully saturated rings. The molecule has 2 nitrogen and oxygen atoms in total. The lowest BCUT2D eigenvalue weighted by Crippen LogP contribution is -1.94. The molecule has 2 aromatic carbocycles. The lowest BCUT2D eigenvalue weighted by atomic mass is 10.1. The molecule has 2 aromatic rings. The van der Waals surface area contributed by atoms with E-state index in [0.717, 1.165) is 22.6 Å². The Kier molecular flexibility index (Phi) is 3.33.